The Hall–Kier alpha value is -6.10. The van der Waals surface area contributed by atoms with Crippen molar-refractivity contribution in [1.29, 1.82) is 0 Å². The number of benzene rings is 4. The van der Waals surface area contributed by atoms with Crippen LogP contribution in [0.4, 0.5) is 58.4 Å². The second-order valence-corrected chi connectivity index (χ2v) is 23.8. The molecule has 2 heterocycles. The van der Waals surface area contributed by atoms with E-state index in [-0.39, 0.29) is 75.9 Å². The average Bonchev–Trinajstić information content (AvgIpc) is 3.30. The Labute approximate surface area is 463 Å². The van der Waals surface area contributed by atoms with Crippen molar-refractivity contribution in [2.75, 3.05) is 57.2 Å². The van der Waals surface area contributed by atoms with Crippen molar-refractivity contribution in [2.45, 2.75) is 57.1 Å². The summed E-state index contributed by atoms with van der Waals surface area (Å²) < 4.78 is 207. The maximum atomic E-state index is 12.8. The molecule has 0 atom stereocenters. The molecule has 0 saturated carbocycles. The minimum atomic E-state index is -5.10. The van der Waals surface area contributed by atoms with Crippen molar-refractivity contribution in [3.63, 3.8) is 0 Å². The average molecular weight is 1200 g/mol. The van der Waals surface area contributed by atoms with E-state index in [0.717, 1.165) is 36.4 Å². The van der Waals surface area contributed by atoms with E-state index in [1.165, 1.54) is 24.3 Å². The van der Waals surface area contributed by atoms with Gasteiger partial charge in [0.05, 0.1) is 21.2 Å². The Bertz CT molecular complexity index is 3730. The van der Waals surface area contributed by atoms with Crippen LogP contribution in [0.15, 0.2) is 102 Å². The maximum Gasteiger partial charge on any atom is 0.296 e. The van der Waals surface area contributed by atoms with Gasteiger partial charge < -0.3 is 31.1 Å². The van der Waals surface area contributed by atoms with Gasteiger partial charge in [0, 0.05) is 67.1 Å². The first-order valence-corrected chi connectivity index (χ1v) is 30.0. The van der Waals surface area contributed by atoms with Crippen molar-refractivity contribution in [3.05, 3.63) is 83.9 Å². The minimum absolute atomic E-state index is 0. The van der Waals surface area contributed by atoms with Gasteiger partial charge in [-0.25, -0.2) is 0 Å². The zero-order valence-corrected chi connectivity index (χ0v) is 47.4. The van der Waals surface area contributed by atoms with Gasteiger partial charge in [-0.1, -0.05) is 24.3 Å². The van der Waals surface area contributed by atoms with Crippen LogP contribution in [0.3, 0.4) is 0 Å². The Balaban J connectivity index is 0.0000109. The third-order valence-electron chi connectivity index (χ3n) is 10.4. The fraction of sp³-hybridized carbons (Fsp3) is 0.200. The van der Waals surface area contributed by atoms with Crippen LogP contribution in [-0.4, -0.2) is 163 Å². The first kappa shape index (κ1) is 61.7. The minimum Gasteiger partial charge on any atom is -0.341 e. The fourth-order valence-electron chi connectivity index (χ4n) is 6.86. The number of hydrogen-bond acceptors (Lipinski definition) is 24. The summed E-state index contributed by atoms with van der Waals surface area (Å²) in [6.07, 6.45) is 2.16. The van der Waals surface area contributed by atoms with Crippen LogP contribution in [0.2, 0.25) is 0 Å². The monoisotopic (exact) mass is 1200 g/mol. The molecule has 0 fully saturated rings. The summed E-state index contributed by atoms with van der Waals surface area (Å²) in [7, 11) is -30.0. The van der Waals surface area contributed by atoms with Crippen LogP contribution >= 0.6 is 0 Å². The number of nitrogens with zero attached hydrogens (tertiary/aromatic N) is 8. The van der Waals surface area contributed by atoms with Crippen molar-refractivity contribution >= 4 is 161 Å². The van der Waals surface area contributed by atoms with Gasteiger partial charge in [-0.15, -0.1) is 0 Å². The van der Waals surface area contributed by atoms with Crippen LogP contribution in [-0.2, 0) is 60.7 Å². The summed E-state index contributed by atoms with van der Waals surface area (Å²) in [6.45, 7) is 8.18. The van der Waals surface area contributed by atoms with Crippen LogP contribution in [0.5, 0.6) is 0 Å². The first-order chi connectivity index (χ1) is 35.2. The van der Waals surface area contributed by atoms with Crippen molar-refractivity contribution in [1.82, 2.24) is 29.9 Å². The predicted octanol–water partition coefficient (Wildman–Crippen LogP) is 3.99. The summed E-state index contributed by atoms with van der Waals surface area (Å²) >= 11 is 0. The molecule has 0 unspecified atom stereocenters. The predicted molar refractivity (Wildman–Crippen MR) is 279 cm³/mol. The summed E-state index contributed by atoms with van der Waals surface area (Å²) in [5.41, 5.74) is -1.84. The molecule has 6 rings (SSSR count). The van der Waals surface area contributed by atoms with Crippen LogP contribution < -0.4 is 31.1 Å². The summed E-state index contributed by atoms with van der Waals surface area (Å²) in [5.74, 6) is -1.65. The van der Waals surface area contributed by atoms with E-state index in [9.17, 15) is 77.8 Å². The zero-order valence-electron chi connectivity index (χ0n) is 40.5. The Morgan fingerprint density at radius 3 is 0.961 bits per heavy atom. The van der Waals surface area contributed by atoms with E-state index < -0.39 is 113 Å². The largest absolute Gasteiger partial charge is 0.341 e. The molecular formula is C40H44N12NaO18S6. The van der Waals surface area contributed by atoms with E-state index in [2.05, 4.69) is 51.2 Å². The van der Waals surface area contributed by atoms with Gasteiger partial charge in [0.25, 0.3) is 60.7 Å². The van der Waals surface area contributed by atoms with Gasteiger partial charge in [-0.05, 0) is 99.5 Å². The van der Waals surface area contributed by atoms with Gasteiger partial charge in [-0.3, -0.25) is 27.3 Å². The molecule has 6 aromatic rings. The van der Waals surface area contributed by atoms with Crippen molar-refractivity contribution in [3.8, 4) is 0 Å². The Morgan fingerprint density at radius 1 is 0.390 bits per heavy atom. The van der Waals surface area contributed by atoms with E-state index in [0.29, 0.717) is 50.4 Å². The van der Waals surface area contributed by atoms with Crippen LogP contribution in [0.1, 0.15) is 38.8 Å². The molecule has 0 amide bonds. The molecule has 37 heteroatoms. The van der Waals surface area contributed by atoms with Crippen molar-refractivity contribution in [2.24, 2.45) is 0 Å². The fourth-order valence-corrected chi connectivity index (χ4v) is 10.5. The zero-order chi connectivity index (χ0) is 56.3. The van der Waals surface area contributed by atoms with Crippen LogP contribution in [0.25, 0.3) is 12.2 Å². The molecule has 30 nitrogen and oxygen atoms in total. The van der Waals surface area contributed by atoms with Gasteiger partial charge in [-0.2, -0.15) is 80.4 Å². The second kappa shape index (κ2) is 23.9. The van der Waals surface area contributed by atoms with Gasteiger partial charge in [0.15, 0.2) is 0 Å². The van der Waals surface area contributed by atoms with E-state index in [1.54, 1.807) is 37.5 Å². The summed E-state index contributed by atoms with van der Waals surface area (Å²) in [5, 5.41) is 10.4. The smallest absolute Gasteiger partial charge is 0.296 e. The number of aromatic nitrogens is 6. The molecule has 0 aliphatic carbocycles. The number of nitrogens with one attached hydrogen (secondary N) is 4. The molecule has 77 heavy (non-hydrogen) atoms. The normalized spacial score (nSPS) is 12.4. The quantitative estimate of drug-likeness (QED) is 0.0261. The van der Waals surface area contributed by atoms with Gasteiger partial charge >= 0.3 is 0 Å². The number of hydrogen-bond donors (Lipinski definition) is 10. The molecular weight excluding hydrogens is 1150 g/mol. The Kier molecular flexibility index (Phi) is 19.1. The molecule has 1 radical (unpaired) electrons. The Morgan fingerprint density at radius 2 is 0.688 bits per heavy atom. The molecule has 0 spiro atoms. The van der Waals surface area contributed by atoms with E-state index in [4.69, 9.17) is 0 Å². The van der Waals surface area contributed by atoms with E-state index >= 15 is 0 Å². The molecule has 0 aliphatic heterocycles. The standard InChI is InChI=1S/C40H44N12O18S6.Na/c1-5-51(6-2)39-47-35(45-37(49-39)43-29-21-27(71(53,54)55)15-17-31(29)73(59,60)61)41-25-13-11-23(33(19-25)75(65,66)67)9-10-24-12-14-26(20-34(24)76(68,69)70)42-36-46-38(50-40(48-36)52(7-3)8-4)44-30-22-28(72(56,57)58)16-18-32(30)74(62,63)64;/h9-22H,5-8H2,1-4H3,(H,53,54,55)(H,56,57,58)(H,59,60,61)(H,62,63,64)(H,65,66,67)(H,68,69,70)(H2,41,43,45,47,49)(H2,42,44,46,48,50);. The third kappa shape index (κ3) is 15.8. The number of rotatable bonds is 22. The molecule has 2 aromatic heterocycles. The molecule has 0 saturated heterocycles. The summed E-state index contributed by atoms with van der Waals surface area (Å²) in [4.78, 5) is 24.0. The molecule has 0 aliphatic rings. The molecule has 10 N–H and O–H groups in total. The molecule has 409 valence electrons. The molecule has 4 aromatic carbocycles. The van der Waals surface area contributed by atoms with Gasteiger partial charge in [0.2, 0.25) is 35.7 Å². The molecule has 0 bridgehead atoms. The first-order valence-electron chi connectivity index (χ1n) is 21.4. The number of anilines is 10. The van der Waals surface area contributed by atoms with Crippen molar-refractivity contribution < 1.29 is 77.8 Å². The second-order valence-electron chi connectivity index (χ2n) is 15.4. The van der Waals surface area contributed by atoms with Gasteiger partial charge in [0.1, 0.15) is 19.6 Å². The van der Waals surface area contributed by atoms with Crippen LogP contribution in [0, 0.1) is 0 Å². The maximum absolute atomic E-state index is 12.8. The topological polar surface area (TPSA) is 458 Å². The SMILES string of the molecule is CCN(CC)c1nc(Nc2ccc(C=Cc3ccc(Nc4nc(Nc5cc(S(=O)(=O)O)ccc5S(=O)(=O)O)nc(N(CC)CC)n4)cc3S(=O)(=O)O)c(S(=O)(=O)O)c2)nc(Nc2cc(S(=O)(=O)O)ccc2S(=O)(=O)O)n1.[Na]. The van der Waals surface area contributed by atoms with E-state index in [1.807, 2.05) is 0 Å². The summed E-state index contributed by atoms with van der Waals surface area (Å²) in [6, 6.07) is 11.0. The third-order valence-corrected chi connectivity index (χ3v) is 15.8.